The maximum Gasteiger partial charge on any atom is 0.321 e. The molecule has 12 nitrogen and oxygen atoms in total. The molecule has 4 rings (SSSR count). The highest BCUT2D eigenvalue weighted by Crippen LogP contribution is 2.19. The predicted octanol–water partition coefficient (Wildman–Crippen LogP) is -0.303. The highest BCUT2D eigenvalue weighted by atomic mass is 32.2. The van der Waals surface area contributed by atoms with Crippen molar-refractivity contribution in [3.05, 3.63) is 30.1 Å². The first-order valence-electron chi connectivity index (χ1n) is 9.68. The highest BCUT2D eigenvalue weighted by molar-refractivity contribution is 7.86. The predicted molar refractivity (Wildman–Crippen MR) is 107 cm³/mol. The minimum atomic E-state index is -3.52. The van der Waals surface area contributed by atoms with Crippen molar-refractivity contribution >= 4 is 21.9 Å². The summed E-state index contributed by atoms with van der Waals surface area (Å²) in [6, 6.07) is 5.20. The minimum absolute atomic E-state index is 0.261. The number of hydrogen-bond donors (Lipinski definition) is 1. The second kappa shape index (κ2) is 8.63. The van der Waals surface area contributed by atoms with Crippen LogP contribution in [0.15, 0.2) is 24.5 Å². The van der Waals surface area contributed by atoms with Crippen molar-refractivity contribution in [2.75, 3.05) is 57.8 Å². The third-order valence-corrected chi connectivity index (χ3v) is 7.24. The van der Waals surface area contributed by atoms with Gasteiger partial charge in [0, 0.05) is 45.0 Å². The van der Waals surface area contributed by atoms with E-state index in [0.717, 1.165) is 11.3 Å². The first-order chi connectivity index (χ1) is 14.4. The molecule has 2 aliphatic rings. The quantitative estimate of drug-likeness (QED) is 0.697. The number of anilines is 1. The molecule has 2 fully saturated rings. The topological polar surface area (TPSA) is 126 Å². The van der Waals surface area contributed by atoms with E-state index in [-0.39, 0.29) is 19.1 Å². The Kier molecular flexibility index (Phi) is 5.94. The van der Waals surface area contributed by atoms with E-state index in [9.17, 15) is 13.2 Å². The van der Waals surface area contributed by atoms with Gasteiger partial charge in [0.25, 0.3) is 10.2 Å². The summed E-state index contributed by atoms with van der Waals surface area (Å²) in [7, 11) is -3.52. The summed E-state index contributed by atoms with van der Waals surface area (Å²) in [6.45, 7) is 4.63. The molecule has 1 aromatic carbocycles. The lowest BCUT2D eigenvalue weighted by Crippen LogP contribution is -2.56. The fraction of sp³-hybridized carbons (Fsp3) is 0.529. The maximum atomic E-state index is 12.7. The van der Waals surface area contributed by atoms with Crippen LogP contribution in [-0.4, -0.2) is 101 Å². The third kappa shape index (κ3) is 4.28. The number of aromatic nitrogens is 4. The zero-order valence-corrected chi connectivity index (χ0v) is 17.5. The molecule has 1 aromatic heterocycles. The van der Waals surface area contributed by atoms with Gasteiger partial charge in [-0.15, -0.1) is 5.10 Å². The Morgan fingerprint density at radius 1 is 1.07 bits per heavy atom. The molecule has 3 heterocycles. The molecule has 0 radical (unpaired) electrons. The fourth-order valence-corrected chi connectivity index (χ4v) is 5.03. The molecule has 0 spiro atoms. The van der Waals surface area contributed by atoms with E-state index in [0.29, 0.717) is 45.1 Å². The van der Waals surface area contributed by atoms with Crippen LogP contribution in [0.3, 0.4) is 0 Å². The van der Waals surface area contributed by atoms with Gasteiger partial charge in [0.2, 0.25) is 0 Å². The van der Waals surface area contributed by atoms with E-state index in [4.69, 9.17) is 4.74 Å². The highest BCUT2D eigenvalue weighted by Gasteiger charge is 2.34. The number of ether oxygens (including phenoxy) is 1. The van der Waals surface area contributed by atoms with Gasteiger partial charge in [-0.25, -0.2) is 9.48 Å². The average molecular weight is 436 g/mol. The van der Waals surface area contributed by atoms with Crippen molar-refractivity contribution in [1.82, 2.24) is 33.7 Å². The van der Waals surface area contributed by atoms with E-state index < -0.39 is 10.2 Å². The zero-order valence-electron chi connectivity index (χ0n) is 16.6. The summed E-state index contributed by atoms with van der Waals surface area (Å²) in [6.07, 6.45) is 1.49. The Balaban J connectivity index is 1.36. The van der Waals surface area contributed by atoms with Crippen LogP contribution in [0.5, 0.6) is 0 Å². The van der Waals surface area contributed by atoms with Crippen LogP contribution in [0, 0.1) is 6.92 Å². The third-order valence-electron chi connectivity index (χ3n) is 5.20. The number of carbonyl (C=O) groups is 1. The summed E-state index contributed by atoms with van der Waals surface area (Å²) in [4.78, 5) is 14.3. The minimum Gasteiger partial charge on any atom is -0.379 e. The number of carbonyl (C=O) groups excluding carboxylic acids is 1. The first kappa shape index (κ1) is 20.7. The standard InChI is InChI=1S/C17H24N8O4S/c1-14-2-3-15(12-16(14)25-13-18-20-21-25)19-17(26)22-4-6-23(7-5-22)30(27,28)24-8-10-29-11-9-24/h2-3,12-13H,4-11H2,1H3,(H,19,26). The van der Waals surface area contributed by atoms with E-state index in [1.165, 1.54) is 19.6 Å². The molecule has 0 saturated carbocycles. The molecule has 2 saturated heterocycles. The summed E-state index contributed by atoms with van der Waals surface area (Å²) < 4.78 is 35.1. The number of aryl methyl sites for hydroxylation is 1. The number of rotatable bonds is 4. The van der Waals surface area contributed by atoms with Gasteiger partial charge in [-0.3, -0.25) is 0 Å². The molecule has 2 amide bonds. The molecule has 30 heavy (non-hydrogen) atoms. The smallest absolute Gasteiger partial charge is 0.321 e. The lowest BCUT2D eigenvalue weighted by molar-refractivity contribution is 0.0691. The number of nitrogens with zero attached hydrogens (tertiary/aromatic N) is 7. The molecular formula is C17H24N8O4S. The Morgan fingerprint density at radius 3 is 2.43 bits per heavy atom. The van der Waals surface area contributed by atoms with Crippen LogP contribution in [0.2, 0.25) is 0 Å². The van der Waals surface area contributed by atoms with Crippen molar-refractivity contribution in [3.8, 4) is 5.69 Å². The summed E-state index contributed by atoms with van der Waals surface area (Å²) in [5.41, 5.74) is 2.33. The Morgan fingerprint density at radius 2 is 1.77 bits per heavy atom. The number of piperazine rings is 1. The van der Waals surface area contributed by atoms with E-state index in [1.54, 1.807) is 17.0 Å². The Bertz CT molecular complexity index is 983. The van der Waals surface area contributed by atoms with Crippen LogP contribution < -0.4 is 5.32 Å². The van der Waals surface area contributed by atoms with Gasteiger partial charge >= 0.3 is 6.03 Å². The van der Waals surface area contributed by atoms with Gasteiger partial charge in [0.1, 0.15) is 6.33 Å². The number of hydrogen-bond acceptors (Lipinski definition) is 7. The fourth-order valence-electron chi connectivity index (χ4n) is 3.47. The van der Waals surface area contributed by atoms with Gasteiger partial charge in [-0.1, -0.05) is 6.07 Å². The average Bonchev–Trinajstić information content (AvgIpc) is 3.30. The number of benzene rings is 1. The van der Waals surface area contributed by atoms with Crippen molar-refractivity contribution < 1.29 is 17.9 Å². The number of amides is 2. The molecule has 0 aliphatic carbocycles. The van der Waals surface area contributed by atoms with E-state index >= 15 is 0 Å². The molecule has 0 bridgehead atoms. The molecule has 0 unspecified atom stereocenters. The van der Waals surface area contributed by atoms with Crippen molar-refractivity contribution in [3.63, 3.8) is 0 Å². The van der Waals surface area contributed by atoms with Crippen molar-refractivity contribution in [1.29, 1.82) is 0 Å². The number of urea groups is 1. The summed E-state index contributed by atoms with van der Waals surface area (Å²) >= 11 is 0. The first-order valence-corrected chi connectivity index (χ1v) is 11.1. The maximum absolute atomic E-state index is 12.7. The van der Waals surface area contributed by atoms with Crippen LogP contribution >= 0.6 is 0 Å². The van der Waals surface area contributed by atoms with E-state index in [1.807, 2.05) is 13.0 Å². The van der Waals surface area contributed by atoms with Gasteiger partial charge in [-0.05, 0) is 35.0 Å². The monoisotopic (exact) mass is 436 g/mol. The summed E-state index contributed by atoms with van der Waals surface area (Å²) in [5, 5.41) is 14.0. The van der Waals surface area contributed by atoms with E-state index in [2.05, 4.69) is 20.8 Å². The number of nitrogens with one attached hydrogen (secondary N) is 1. The van der Waals surface area contributed by atoms with Crippen LogP contribution in [0.1, 0.15) is 5.56 Å². The van der Waals surface area contributed by atoms with Gasteiger partial charge in [-0.2, -0.15) is 17.0 Å². The second-order valence-electron chi connectivity index (χ2n) is 7.09. The van der Waals surface area contributed by atoms with Crippen molar-refractivity contribution in [2.45, 2.75) is 6.92 Å². The number of morpholine rings is 1. The van der Waals surface area contributed by atoms with Crippen molar-refractivity contribution in [2.24, 2.45) is 0 Å². The normalized spacial score (nSPS) is 19.0. The second-order valence-corrected chi connectivity index (χ2v) is 9.02. The molecule has 162 valence electrons. The number of tetrazole rings is 1. The Labute approximate surface area is 174 Å². The lowest BCUT2D eigenvalue weighted by Gasteiger charge is -2.37. The SMILES string of the molecule is Cc1ccc(NC(=O)N2CCN(S(=O)(=O)N3CCOCC3)CC2)cc1-n1cnnn1. The summed E-state index contributed by atoms with van der Waals surface area (Å²) in [5.74, 6) is 0. The van der Waals surface area contributed by atoms with Gasteiger partial charge in [0.15, 0.2) is 0 Å². The van der Waals surface area contributed by atoms with Crippen LogP contribution in [-0.2, 0) is 14.9 Å². The molecule has 0 atom stereocenters. The zero-order chi connectivity index (χ0) is 21.1. The van der Waals surface area contributed by atoms with Crippen LogP contribution in [0.4, 0.5) is 10.5 Å². The molecule has 2 aliphatic heterocycles. The molecule has 1 N–H and O–H groups in total. The molecule has 13 heteroatoms. The molecule has 2 aromatic rings. The van der Waals surface area contributed by atoms with Gasteiger partial charge in [0.05, 0.1) is 18.9 Å². The van der Waals surface area contributed by atoms with Gasteiger partial charge < -0.3 is 15.0 Å². The van der Waals surface area contributed by atoms with Crippen LogP contribution in [0.25, 0.3) is 5.69 Å². The largest absolute Gasteiger partial charge is 0.379 e. The molecular weight excluding hydrogens is 412 g/mol. The lowest BCUT2D eigenvalue weighted by atomic mass is 10.2. The Hall–Kier alpha value is -2.61.